The first kappa shape index (κ1) is 13.6. The Morgan fingerprint density at radius 1 is 1.44 bits per heavy atom. The van der Waals surface area contributed by atoms with E-state index in [0.29, 0.717) is 12.5 Å². The van der Waals surface area contributed by atoms with Gasteiger partial charge in [0, 0.05) is 24.0 Å². The number of carbonyl (C=O) groups is 1. The van der Waals surface area contributed by atoms with Gasteiger partial charge < -0.3 is 10.2 Å². The highest BCUT2D eigenvalue weighted by molar-refractivity contribution is 9.10. The van der Waals surface area contributed by atoms with Gasteiger partial charge in [0.15, 0.2) is 0 Å². The summed E-state index contributed by atoms with van der Waals surface area (Å²) in [6.45, 7) is 4.65. The summed E-state index contributed by atoms with van der Waals surface area (Å²) in [7, 11) is 1.88. The average Bonchev–Trinajstić information content (AvgIpc) is 2.28. The van der Waals surface area contributed by atoms with Crippen LogP contribution in [-0.2, 0) is 11.3 Å². The molecule has 0 bridgehead atoms. The van der Waals surface area contributed by atoms with E-state index < -0.39 is 0 Å². The maximum Gasteiger partial charge on any atom is 0.225 e. The van der Waals surface area contributed by atoms with Crippen molar-refractivity contribution in [2.45, 2.75) is 13.5 Å². The number of nitrogens with zero attached hydrogens (tertiary/aromatic N) is 1. The van der Waals surface area contributed by atoms with E-state index in [-0.39, 0.29) is 11.8 Å². The third-order valence-corrected chi connectivity index (χ3v) is 4.15. The molecule has 18 heavy (non-hydrogen) atoms. The highest BCUT2D eigenvalue weighted by Crippen LogP contribution is 2.19. The van der Waals surface area contributed by atoms with Gasteiger partial charge in [0.1, 0.15) is 0 Å². The first-order valence-corrected chi connectivity index (χ1v) is 7.07. The smallest absolute Gasteiger partial charge is 0.225 e. The fourth-order valence-electron chi connectivity index (χ4n) is 2.16. The van der Waals surface area contributed by atoms with Crippen LogP contribution in [0.1, 0.15) is 12.5 Å². The Bertz CT molecular complexity index is 414. The van der Waals surface area contributed by atoms with E-state index in [1.807, 2.05) is 43.1 Å². The van der Waals surface area contributed by atoms with Crippen LogP contribution in [0.15, 0.2) is 28.7 Å². The molecule has 4 heteroatoms. The summed E-state index contributed by atoms with van der Waals surface area (Å²) in [5.74, 6) is 0.862. The lowest BCUT2D eigenvalue weighted by Gasteiger charge is -2.34. The Labute approximate surface area is 117 Å². The molecule has 1 aliphatic rings. The van der Waals surface area contributed by atoms with Gasteiger partial charge in [-0.25, -0.2) is 0 Å². The van der Waals surface area contributed by atoms with Gasteiger partial charge in [-0.2, -0.15) is 0 Å². The second-order valence-corrected chi connectivity index (χ2v) is 5.94. The van der Waals surface area contributed by atoms with Crippen LogP contribution >= 0.6 is 15.9 Å². The number of rotatable bonds is 4. The van der Waals surface area contributed by atoms with Crippen molar-refractivity contribution in [3.8, 4) is 0 Å². The monoisotopic (exact) mass is 310 g/mol. The van der Waals surface area contributed by atoms with Crippen molar-refractivity contribution in [2.75, 3.05) is 20.1 Å². The van der Waals surface area contributed by atoms with Gasteiger partial charge in [-0.1, -0.05) is 35.0 Å². The van der Waals surface area contributed by atoms with E-state index in [2.05, 4.69) is 21.2 Å². The lowest BCUT2D eigenvalue weighted by atomic mass is 9.88. The first-order chi connectivity index (χ1) is 8.58. The van der Waals surface area contributed by atoms with Crippen molar-refractivity contribution in [3.63, 3.8) is 0 Å². The molecular weight excluding hydrogens is 292 g/mol. The summed E-state index contributed by atoms with van der Waals surface area (Å²) in [5.41, 5.74) is 1.16. The van der Waals surface area contributed by atoms with Gasteiger partial charge in [-0.15, -0.1) is 0 Å². The van der Waals surface area contributed by atoms with Crippen molar-refractivity contribution >= 4 is 21.8 Å². The van der Waals surface area contributed by atoms with Gasteiger partial charge >= 0.3 is 0 Å². The quantitative estimate of drug-likeness (QED) is 0.925. The average molecular weight is 311 g/mol. The molecule has 1 saturated heterocycles. The Balaban J connectivity index is 1.92. The molecule has 2 rings (SSSR count). The summed E-state index contributed by atoms with van der Waals surface area (Å²) in [6.07, 6.45) is 0. The van der Waals surface area contributed by atoms with E-state index in [9.17, 15) is 4.79 Å². The molecule has 1 aromatic carbocycles. The van der Waals surface area contributed by atoms with Gasteiger partial charge in [0.25, 0.3) is 0 Å². The zero-order chi connectivity index (χ0) is 13.1. The minimum atomic E-state index is 0.117. The van der Waals surface area contributed by atoms with Crippen molar-refractivity contribution in [2.24, 2.45) is 11.8 Å². The maximum atomic E-state index is 12.2. The van der Waals surface area contributed by atoms with Crippen LogP contribution in [-0.4, -0.2) is 30.9 Å². The number of nitrogens with one attached hydrogen (secondary N) is 1. The van der Waals surface area contributed by atoms with Gasteiger partial charge in [0.05, 0.1) is 0 Å². The van der Waals surface area contributed by atoms with Gasteiger partial charge in [-0.05, 0) is 36.7 Å². The van der Waals surface area contributed by atoms with E-state index in [0.717, 1.165) is 23.1 Å². The third kappa shape index (κ3) is 3.12. The lowest BCUT2D eigenvalue weighted by Crippen LogP contribution is -2.49. The fraction of sp³-hybridized carbons (Fsp3) is 0.500. The van der Waals surface area contributed by atoms with Crippen LogP contribution in [0.4, 0.5) is 0 Å². The molecular formula is C14H19BrN2O. The molecule has 0 saturated carbocycles. The molecule has 1 atom stereocenters. The van der Waals surface area contributed by atoms with Crippen LogP contribution in [0.5, 0.6) is 0 Å². The first-order valence-electron chi connectivity index (χ1n) is 6.28. The molecule has 1 unspecified atom stereocenters. The Morgan fingerprint density at radius 3 is 2.56 bits per heavy atom. The number of hydrogen-bond donors (Lipinski definition) is 1. The lowest BCUT2D eigenvalue weighted by molar-refractivity contribution is -0.136. The Kier molecular flexibility index (Phi) is 4.40. The van der Waals surface area contributed by atoms with E-state index in [4.69, 9.17) is 0 Å². The number of benzene rings is 1. The Hall–Kier alpha value is -0.870. The molecule has 3 nitrogen and oxygen atoms in total. The molecule has 0 spiro atoms. The van der Waals surface area contributed by atoms with Crippen LogP contribution in [0.3, 0.4) is 0 Å². The molecule has 1 heterocycles. The molecule has 1 amide bonds. The predicted octanol–water partition coefficient (Wildman–Crippen LogP) is 2.26. The molecule has 1 aliphatic heterocycles. The van der Waals surface area contributed by atoms with E-state index in [1.165, 1.54) is 0 Å². The Morgan fingerprint density at radius 2 is 2.06 bits per heavy atom. The molecule has 1 fully saturated rings. The number of amides is 1. The zero-order valence-corrected chi connectivity index (χ0v) is 12.4. The second kappa shape index (κ2) is 5.85. The minimum absolute atomic E-state index is 0.117. The fourth-order valence-corrected chi connectivity index (χ4v) is 2.42. The summed E-state index contributed by atoms with van der Waals surface area (Å²) in [6, 6.07) is 8.10. The summed E-state index contributed by atoms with van der Waals surface area (Å²) in [4.78, 5) is 14.1. The predicted molar refractivity (Wildman–Crippen MR) is 76.1 cm³/mol. The van der Waals surface area contributed by atoms with Crippen molar-refractivity contribution < 1.29 is 4.79 Å². The van der Waals surface area contributed by atoms with Crippen LogP contribution in [0.25, 0.3) is 0 Å². The SMILES string of the molecule is CC(C(=O)N(C)Cc1ccc(Br)cc1)C1CNC1. The van der Waals surface area contributed by atoms with Gasteiger partial charge in [0.2, 0.25) is 5.91 Å². The molecule has 0 aromatic heterocycles. The number of carbonyl (C=O) groups excluding carboxylic acids is 1. The summed E-state index contributed by atoms with van der Waals surface area (Å²) >= 11 is 3.41. The highest BCUT2D eigenvalue weighted by Gasteiger charge is 2.30. The normalized spacial score (nSPS) is 17.1. The molecule has 0 aliphatic carbocycles. The number of hydrogen-bond acceptors (Lipinski definition) is 2. The summed E-state index contributed by atoms with van der Waals surface area (Å²) in [5, 5.41) is 3.22. The largest absolute Gasteiger partial charge is 0.341 e. The van der Waals surface area contributed by atoms with Crippen LogP contribution in [0.2, 0.25) is 0 Å². The molecule has 1 N–H and O–H groups in total. The second-order valence-electron chi connectivity index (χ2n) is 5.03. The summed E-state index contributed by atoms with van der Waals surface area (Å²) < 4.78 is 1.06. The standard InChI is InChI=1S/C14H19BrN2O/c1-10(12-7-16-8-12)14(18)17(2)9-11-3-5-13(15)6-4-11/h3-6,10,12,16H,7-9H2,1-2H3. The van der Waals surface area contributed by atoms with Crippen molar-refractivity contribution in [1.82, 2.24) is 10.2 Å². The molecule has 0 radical (unpaired) electrons. The van der Waals surface area contributed by atoms with Crippen molar-refractivity contribution in [1.29, 1.82) is 0 Å². The minimum Gasteiger partial charge on any atom is -0.341 e. The topological polar surface area (TPSA) is 32.3 Å². The van der Waals surface area contributed by atoms with Crippen LogP contribution < -0.4 is 5.32 Å². The maximum absolute atomic E-state index is 12.2. The van der Waals surface area contributed by atoms with Gasteiger partial charge in [-0.3, -0.25) is 4.79 Å². The van der Waals surface area contributed by atoms with Crippen molar-refractivity contribution in [3.05, 3.63) is 34.3 Å². The van der Waals surface area contributed by atoms with Crippen LogP contribution in [0, 0.1) is 11.8 Å². The van der Waals surface area contributed by atoms with E-state index >= 15 is 0 Å². The molecule has 98 valence electrons. The zero-order valence-electron chi connectivity index (χ0n) is 10.8. The third-order valence-electron chi connectivity index (χ3n) is 3.62. The molecule has 1 aromatic rings. The highest BCUT2D eigenvalue weighted by atomic mass is 79.9. The van der Waals surface area contributed by atoms with E-state index in [1.54, 1.807) is 0 Å². The number of halogens is 1.